The highest BCUT2D eigenvalue weighted by molar-refractivity contribution is 9.10. The van der Waals surface area contributed by atoms with Gasteiger partial charge < -0.3 is 10.2 Å². The van der Waals surface area contributed by atoms with Gasteiger partial charge in [0.25, 0.3) is 5.91 Å². The van der Waals surface area contributed by atoms with Gasteiger partial charge in [-0.15, -0.1) is 12.4 Å². The third-order valence-corrected chi connectivity index (χ3v) is 5.63. The van der Waals surface area contributed by atoms with Crippen LogP contribution in [0.5, 0.6) is 0 Å². The van der Waals surface area contributed by atoms with Crippen molar-refractivity contribution in [3.05, 3.63) is 46.4 Å². The normalized spacial score (nSPS) is 21.3. The zero-order chi connectivity index (χ0) is 16.5. The van der Waals surface area contributed by atoms with Gasteiger partial charge >= 0.3 is 0 Å². The van der Waals surface area contributed by atoms with Crippen molar-refractivity contribution in [2.75, 3.05) is 39.3 Å². The summed E-state index contributed by atoms with van der Waals surface area (Å²) in [6.07, 6.45) is 1.08. The van der Waals surface area contributed by atoms with Gasteiger partial charge in [0.1, 0.15) is 0 Å². The molecule has 4 nitrogen and oxygen atoms in total. The average Bonchev–Trinajstić information content (AvgIpc) is 3.11. The molecule has 0 spiro atoms. The number of piperazine rings is 1. The van der Waals surface area contributed by atoms with Crippen LogP contribution in [-0.4, -0.2) is 61.0 Å². The Morgan fingerprint density at radius 2 is 1.88 bits per heavy atom. The van der Waals surface area contributed by atoms with Gasteiger partial charge in [0.15, 0.2) is 0 Å². The van der Waals surface area contributed by atoms with Gasteiger partial charge in [-0.3, -0.25) is 9.69 Å². The third kappa shape index (κ3) is 3.85. The Balaban J connectivity index is 0.00000182. The van der Waals surface area contributed by atoms with Gasteiger partial charge in [-0.1, -0.05) is 40.2 Å². The highest BCUT2D eigenvalue weighted by Crippen LogP contribution is 2.27. The number of hydrogen-bond donors (Lipinski definition) is 1. The van der Waals surface area contributed by atoms with Crippen molar-refractivity contribution in [1.29, 1.82) is 0 Å². The highest BCUT2D eigenvalue weighted by Gasteiger charge is 2.31. The molecule has 25 heavy (non-hydrogen) atoms. The van der Waals surface area contributed by atoms with E-state index in [0.29, 0.717) is 6.04 Å². The summed E-state index contributed by atoms with van der Waals surface area (Å²) >= 11 is 3.55. The quantitative estimate of drug-likeness (QED) is 0.804. The number of benzene rings is 2. The van der Waals surface area contributed by atoms with Crippen molar-refractivity contribution in [2.24, 2.45) is 0 Å². The SMILES string of the molecule is Cl.O=C(c1cc(Br)cc2ccccc12)N1CCC(N2CCNCC2)C1. The molecule has 2 aliphatic rings. The maximum absolute atomic E-state index is 13.1. The lowest BCUT2D eigenvalue weighted by atomic mass is 10.0. The van der Waals surface area contributed by atoms with Crippen LogP contribution in [0.15, 0.2) is 40.9 Å². The molecule has 0 aliphatic carbocycles. The molecule has 1 unspecified atom stereocenters. The van der Waals surface area contributed by atoms with Crippen LogP contribution in [0.25, 0.3) is 10.8 Å². The van der Waals surface area contributed by atoms with Crippen LogP contribution < -0.4 is 5.32 Å². The molecule has 2 saturated heterocycles. The van der Waals surface area contributed by atoms with Crippen molar-refractivity contribution in [2.45, 2.75) is 12.5 Å². The van der Waals surface area contributed by atoms with Crippen molar-refractivity contribution in [3.63, 3.8) is 0 Å². The number of hydrogen-bond acceptors (Lipinski definition) is 3. The standard InChI is InChI=1S/C19H22BrN3O.ClH/c20-15-11-14-3-1-2-4-17(14)18(12-15)19(24)23-8-5-16(13-23)22-9-6-21-7-10-22;/h1-4,11-12,16,21H,5-10,13H2;1H. The van der Waals surface area contributed by atoms with E-state index < -0.39 is 0 Å². The molecule has 2 fully saturated rings. The molecule has 2 aliphatic heterocycles. The van der Waals surface area contributed by atoms with Gasteiger partial charge in [0.05, 0.1) is 0 Å². The van der Waals surface area contributed by atoms with E-state index in [1.165, 1.54) is 0 Å². The Morgan fingerprint density at radius 1 is 1.12 bits per heavy atom. The summed E-state index contributed by atoms with van der Waals surface area (Å²) < 4.78 is 0.961. The average molecular weight is 425 g/mol. The van der Waals surface area contributed by atoms with Gasteiger partial charge in [-0.05, 0) is 29.3 Å². The van der Waals surface area contributed by atoms with Crippen LogP contribution in [0.4, 0.5) is 0 Å². The lowest BCUT2D eigenvalue weighted by Gasteiger charge is -2.32. The second-order valence-electron chi connectivity index (χ2n) is 6.65. The molecule has 2 aromatic rings. The Kier molecular flexibility index (Phi) is 6.00. The number of halogens is 2. The number of carbonyl (C=O) groups is 1. The number of fused-ring (bicyclic) bond motifs is 1. The largest absolute Gasteiger partial charge is 0.337 e. The van der Waals surface area contributed by atoms with Crippen LogP contribution >= 0.6 is 28.3 Å². The monoisotopic (exact) mass is 423 g/mol. The summed E-state index contributed by atoms with van der Waals surface area (Å²) in [5.74, 6) is 0.158. The number of amides is 1. The molecule has 2 aromatic carbocycles. The molecule has 2 heterocycles. The van der Waals surface area contributed by atoms with Gasteiger partial charge in [-0.25, -0.2) is 0 Å². The maximum Gasteiger partial charge on any atom is 0.254 e. The van der Waals surface area contributed by atoms with Crippen LogP contribution in [0.1, 0.15) is 16.8 Å². The Morgan fingerprint density at radius 3 is 2.68 bits per heavy atom. The van der Waals surface area contributed by atoms with E-state index in [-0.39, 0.29) is 18.3 Å². The molecule has 1 atom stereocenters. The van der Waals surface area contributed by atoms with E-state index in [1.807, 2.05) is 29.2 Å². The first kappa shape index (κ1) is 18.6. The predicted octanol–water partition coefficient (Wildman–Crippen LogP) is 3.14. The van der Waals surface area contributed by atoms with E-state index >= 15 is 0 Å². The van der Waals surface area contributed by atoms with Crippen molar-refractivity contribution in [3.8, 4) is 0 Å². The van der Waals surface area contributed by atoms with Crippen molar-refractivity contribution in [1.82, 2.24) is 15.1 Å². The van der Waals surface area contributed by atoms with Gasteiger partial charge in [-0.2, -0.15) is 0 Å². The number of nitrogens with zero attached hydrogens (tertiary/aromatic N) is 2. The number of likely N-dealkylation sites (tertiary alicyclic amines) is 1. The molecule has 0 radical (unpaired) electrons. The van der Waals surface area contributed by atoms with Gasteiger partial charge in [0, 0.05) is 55.3 Å². The number of rotatable bonds is 2. The fourth-order valence-electron chi connectivity index (χ4n) is 3.89. The topological polar surface area (TPSA) is 35.6 Å². The Bertz CT molecular complexity index is 763. The molecule has 134 valence electrons. The zero-order valence-electron chi connectivity index (χ0n) is 14.1. The second-order valence-corrected chi connectivity index (χ2v) is 7.57. The van der Waals surface area contributed by atoms with Crippen LogP contribution in [-0.2, 0) is 0 Å². The number of nitrogens with one attached hydrogen (secondary N) is 1. The van der Waals surface area contributed by atoms with Crippen molar-refractivity contribution < 1.29 is 4.79 Å². The first-order chi connectivity index (χ1) is 11.7. The van der Waals surface area contributed by atoms with Crippen LogP contribution in [0, 0.1) is 0 Å². The summed E-state index contributed by atoms with van der Waals surface area (Å²) in [6.45, 7) is 5.99. The van der Waals surface area contributed by atoms with E-state index in [2.05, 4.69) is 38.3 Å². The Hall–Kier alpha value is -1.14. The summed E-state index contributed by atoms with van der Waals surface area (Å²) in [7, 11) is 0. The third-order valence-electron chi connectivity index (χ3n) is 5.18. The first-order valence-electron chi connectivity index (χ1n) is 8.65. The lowest BCUT2D eigenvalue weighted by molar-refractivity contribution is 0.0775. The van der Waals surface area contributed by atoms with E-state index in [9.17, 15) is 4.79 Å². The summed E-state index contributed by atoms with van der Waals surface area (Å²) in [4.78, 5) is 17.7. The van der Waals surface area contributed by atoms with E-state index in [1.54, 1.807) is 0 Å². The summed E-state index contributed by atoms with van der Waals surface area (Å²) in [5, 5.41) is 5.54. The van der Waals surface area contributed by atoms with E-state index in [4.69, 9.17) is 0 Å². The predicted molar refractivity (Wildman–Crippen MR) is 108 cm³/mol. The fourth-order valence-corrected chi connectivity index (χ4v) is 4.37. The molecular formula is C19H23BrClN3O. The minimum absolute atomic E-state index is 0. The zero-order valence-corrected chi connectivity index (χ0v) is 16.5. The first-order valence-corrected chi connectivity index (χ1v) is 9.44. The molecule has 0 saturated carbocycles. The summed E-state index contributed by atoms with van der Waals surface area (Å²) in [6, 6.07) is 12.7. The highest BCUT2D eigenvalue weighted by atomic mass is 79.9. The summed E-state index contributed by atoms with van der Waals surface area (Å²) in [5.41, 5.74) is 0.806. The molecule has 4 rings (SSSR count). The fraction of sp³-hybridized carbons (Fsp3) is 0.421. The minimum Gasteiger partial charge on any atom is -0.337 e. The maximum atomic E-state index is 13.1. The Labute approximate surface area is 163 Å². The van der Waals surface area contributed by atoms with Crippen molar-refractivity contribution >= 4 is 45.0 Å². The molecule has 0 aromatic heterocycles. The van der Waals surface area contributed by atoms with Gasteiger partial charge in [0.2, 0.25) is 0 Å². The molecule has 0 bridgehead atoms. The van der Waals surface area contributed by atoms with E-state index in [0.717, 1.165) is 66.5 Å². The lowest BCUT2D eigenvalue weighted by Crippen LogP contribution is -2.49. The van der Waals surface area contributed by atoms with Crippen LogP contribution in [0.3, 0.4) is 0 Å². The minimum atomic E-state index is 0. The smallest absolute Gasteiger partial charge is 0.254 e. The molecular weight excluding hydrogens is 402 g/mol. The molecule has 6 heteroatoms. The molecule has 1 N–H and O–H groups in total. The number of carbonyl (C=O) groups excluding carboxylic acids is 1. The molecule has 1 amide bonds. The van der Waals surface area contributed by atoms with Crippen LogP contribution in [0.2, 0.25) is 0 Å². The second kappa shape index (κ2) is 8.04.